The molecule has 0 saturated heterocycles. The lowest BCUT2D eigenvalue weighted by atomic mass is 10.2. The molecule has 2 aromatic heterocycles. The number of fused-ring (bicyclic) bond motifs is 1. The van der Waals surface area contributed by atoms with Gasteiger partial charge in [0.2, 0.25) is 0 Å². The van der Waals surface area contributed by atoms with Gasteiger partial charge in [0.15, 0.2) is 0 Å². The van der Waals surface area contributed by atoms with E-state index in [1.54, 1.807) is 11.1 Å². The molecular weight excluding hydrogens is 328 g/mol. The minimum atomic E-state index is -0.0660. The van der Waals surface area contributed by atoms with Gasteiger partial charge in [0, 0.05) is 44.4 Å². The van der Waals surface area contributed by atoms with Crippen LogP contribution >= 0.6 is 0 Å². The molecule has 0 spiro atoms. The van der Waals surface area contributed by atoms with E-state index in [2.05, 4.69) is 39.4 Å². The number of amides is 2. The molecule has 0 bridgehead atoms. The molecule has 0 aliphatic carbocycles. The van der Waals surface area contributed by atoms with Crippen molar-refractivity contribution in [3.05, 3.63) is 47.5 Å². The Balaban J connectivity index is 1.54. The smallest absolute Gasteiger partial charge is 0.317 e. The van der Waals surface area contributed by atoms with Gasteiger partial charge in [0.25, 0.3) is 0 Å². The lowest BCUT2D eigenvalue weighted by Gasteiger charge is -2.20. The van der Waals surface area contributed by atoms with Crippen LogP contribution in [0, 0.1) is 6.92 Å². The van der Waals surface area contributed by atoms with Crippen molar-refractivity contribution in [3.8, 4) is 0 Å². The van der Waals surface area contributed by atoms with Crippen LogP contribution in [0.1, 0.15) is 30.8 Å². The van der Waals surface area contributed by atoms with Crippen LogP contribution in [0.3, 0.4) is 0 Å². The van der Waals surface area contributed by atoms with E-state index in [-0.39, 0.29) is 6.03 Å². The summed E-state index contributed by atoms with van der Waals surface area (Å²) in [5.41, 5.74) is 4.21. The number of nitrogens with zero attached hydrogens (tertiary/aromatic N) is 4. The van der Waals surface area contributed by atoms with Crippen LogP contribution in [-0.2, 0) is 19.5 Å². The molecule has 0 fully saturated rings. The van der Waals surface area contributed by atoms with Crippen molar-refractivity contribution < 1.29 is 4.79 Å². The van der Waals surface area contributed by atoms with Crippen LogP contribution in [0.15, 0.2) is 30.6 Å². The Morgan fingerprint density at radius 3 is 2.92 bits per heavy atom. The van der Waals surface area contributed by atoms with Crippen molar-refractivity contribution in [1.82, 2.24) is 30.0 Å². The molecule has 3 rings (SSSR count). The molecule has 26 heavy (non-hydrogen) atoms. The SMILES string of the molecule is CCN(CCc1nc2ccc(C)cc2[nH]1)C(=O)NCc1cnn(CC)c1. The summed E-state index contributed by atoms with van der Waals surface area (Å²) in [6, 6.07) is 6.10. The van der Waals surface area contributed by atoms with E-state index in [4.69, 9.17) is 0 Å². The zero-order chi connectivity index (χ0) is 18.5. The molecule has 138 valence electrons. The molecule has 7 nitrogen and oxygen atoms in total. The number of carbonyl (C=O) groups excluding carboxylic acids is 1. The Kier molecular flexibility index (Phi) is 5.55. The van der Waals surface area contributed by atoms with Gasteiger partial charge in [-0.15, -0.1) is 0 Å². The molecule has 0 aliphatic heterocycles. The quantitative estimate of drug-likeness (QED) is 0.685. The number of H-pyrrole nitrogens is 1. The molecular formula is C19H26N6O. The van der Waals surface area contributed by atoms with Crippen molar-refractivity contribution in [2.24, 2.45) is 0 Å². The van der Waals surface area contributed by atoms with E-state index in [9.17, 15) is 4.79 Å². The molecule has 3 aromatic rings. The minimum Gasteiger partial charge on any atom is -0.342 e. The third-order valence-corrected chi connectivity index (χ3v) is 4.43. The number of rotatable bonds is 7. The maximum atomic E-state index is 12.4. The number of aryl methyl sites for hydroxylation is 2. The average molecular weight is 354 g/mol. The summed E-state index contributed by atoms with van der Waals surface area (Å²) in [6.45, 7) is 8.66. The van der Waals surface area contributed by atoms with Crippen LogP contribution in [0.25, 0.3) is 11.0 Å². The van der Waals surface area contributed by atoms with Gasteiger partial charge in [-0.2, -0.15) is 5.10 Å². The third-order valence-electron chi connectivity index (χ3n) is 4.43. The van der Waals surface area contributed by atoms with Gasteiger partial charge in [-0.25, -0.2) is 9.78 Å². The topological polar surface area (TPSA) is 78.8 Å². The lowest BCUT2D eigenvalue weighted by Crippen LogP contribution is -2.40. The van der Waals surface area contributed by atoms with Crippen molar-refractivity contribution in [2.45, 2.75) is 40.3 Å². The highest BCUT2D eigenvalue weighted by molar-refractivity contribution is 5.76. The van der Waals surface area contributed by atoms with Crippen molar-refractivity contribution in [2.75, 3.05) is 13.1 Å². The van der Waals surface area contributed by atoms with Crippen LogP contribution in [0.5, 0.6) is 0 Å². The summed E-state index contributed by atoms with van der Waals surface area (Å²) < 4.78 is 1.85. The molecule has 0 unspecified atom stereocenters. The Morgan fingerprint density at radius 1 is 1.35 bits per heavy atom. The molecule has 2 N–H and O–H groups in total. The third kappa shape index (κ3) is 4.22. The first kappa shape index (κ1) is 18.0. The van der Waals surface area contributed by atoms with Gasteiger partial charge < -0.3 is 15.2 Å². The number of aromatic amines is 1. The number of urea groups is 1. The summed E-state index contributed by atoms with van der Waals surface area (Å²) in [6.07, 6.45) is 4.44. The Morgan fingerprint density at radius 2 is 2.19 bits per heavy atom. The van der Waals surface area contributed by atoms with Gasteiger partial charge in [-0.1, -0.05) is 6.07 Å². The molecule has 1 aromatic carbocycles. The maximum absolute atomic E-state index is 12.4. The van der Waals surface area contributed by atoms with Crippen molar-refractivity contribution in [3.63, 3.8) is 0 Å². The predicted molar refractivity (Wildman–Crippen MR) is 102 cm³/mol. The standard InChI is InChI=1S/C19H26N6O/c1-4-24(19(26)20-11-15-12-21-25(5-2)13-15)9-8-18-22-16-7-6-14(3)10-17(16)23-18/h6-7,10,12-13H,4-5,8-9,11H2,1-3H3,(H,20,26)(H,22,23). The first-order valence-electron chi connectivity index (χ1n) is 9.08. The van der Waals surface area contributed by atoms with Crippen LogP contribution in [0.4, 0.5) is 4.79 Å². The molecule has 2 heterocycles. The van der Waals surface area contributed by atoms with Crippen molar-refractivity contribution in [1.29, 1.82) is 0 Å². The second-order valence-corrected chi connectivity index (χ2v) is 6.40. The fourth-order valence-electron chi connectivity index (χ4n) is 2.90. The number of nitrogens with one attached hydrogen (secondary N) is 2. The Hall–Kier alpha value is -2.83. The fourth-order valence-corrected chi connectivity index (χ4v) is 2.90. The highest BCUT2D eigenvalue weighted by Gasteiger charge is 2.13. The monoisotopic (exact) mass is 354 g/mol. The highest BCUT2D eigenvalue weighted by Crippen LogP contribution is 2.13. The van der Waals surface area contributed by atoms with Gasteiger partial charge in [-0.05, 0) is 38.5 Å². The van der Waals surface area contributed by atoms with Crippen LogP contribution in [0.2, 0.25) is 0 Å². The van der Waals surface area contributed by atoms with Crippen LogP contribution < -0.4 is 5.32 Å². The summed E-state index contributed by atoms with van der Waals surface area (Å²) in [4.78, 5) is 22.2. The first-order chi connectivity index (χ1) is 12.6. The fraction of sp³-hybridized carbons (Fsp3) is 0.421. The highest BCUT2D eigenvalue weighted by atomic mass is 16.2. The van der Waals surface area contributed by atoms with E-state index >= 15 is 0 Å². The van der Waals surface area contributed by atoms with E-state index < -0.39 is 0 Å². The molecule has 0 aliphatic rings. The predicted octanol–water partition coefficient (Wildman–Crippen LogP) is 2.86. The lowest BCUT2D eigenvalue weighted by molar-refractivity contribution is 0.200. The normalized spacial score (nSPS) is 11.0. The first-order valence-corrected chi connectivity index (χ1v) is 9.08. The number of carbonyl (C=O) groups is 1. The van der Waals surface area contributed by atoms with Gasteiger partial charge in [0.05, 0.1) is 17.2 Å². The number of hydrogen-bond donors (Lipinski definition) is 2. The largest absolute Gasteiger partial charge is 0.342 e. The average Bonchev–Trinajstić information content (AvgIpc) is 3.26. The molecule has 7 heteroatoms. The second kappa shape index (κ2) is 8.03. The van der Waals surface area contributed by atoms with E-state index in [1.165, 1.54) is 5.56 Å². The molecule has 0 saturated carbocycles. The zero-order valence-electron chi connectivity index (χ0n) is 15.6. The van der Waals surface area contributed by atoms with E-state index in [0.29, 0.717) is 26.1 Å². The van der Waals surface area contributed by atoms with Gasteiger partial charge >= 0.3 is 6.03 Å². The number of hydrogen-bond acceptors (Lipinski definition) is 3. The second-order valence-electron chi connectivity index (χ2n) is 6.40. The summed E-state index contributed by atoms with van der Waals surface area (Å²) in [5, 5.41) is 7.18. The van der Waals surface area contributed by atoms with Crippen molar-refractivity contribution >= 4 is 17.1 Å². The minimum absolute atomic E-state index is 0.0660. The number of aromatic nitrogens is 4. The zero-order valence-corrected chi connectivity index (χ0v) is 15.6. The van der Waals surface area contributed by atoms with Crippen LogP contribution in [-0.4, -0.2) is 43.8 Å². The summed E-state index contributed by atoms with van der Waals surface area (Å²) in [5.74, 6) is 0.904. The number of benzene rings is 1. The maximum Gasteiger partial charge on any atom is 0.317 e. The number of likely N-dealkylation sites (N-methyl/N-ethyl adjacent to an activating group) is 1. The molecule has 2 amide bonds. The summed E-state index contributed by atoms with van der Waals surface area (Å²) >= 11 is 0. The Labute approximate surface area is 153 Å². The Bertz CT molecular complexity index is 881. The van der Waals surface area contributed by atoms with Gasteiger partial charge in [-0.3, -0.25) is 4.68 Å². The van der Waals surface area contributed by atoms with E-state index in [1.807, 2.05) is 30.8 Å². The molecule has 0 atom stereocenters. The molecule has 0 radical (unpaired) electrons. The summed E-state index contributed by atoms with van der Waals surface area (Å²) in [7, 11) is 0. The van der Waals surface area contributed by atoms with Gasteiger partial charge in [0.1, 0.15) is 5.82 Å². The number of imidazole rings is 1. The van der Waals surface area contributed by atoms with E-state index in [0.717, 1.165) is 29.0 Å².